The minimum Gasteiger partial charge on any atom is -0.376 e. The Morgan fingerprint density at radius 1 is 1.28 bits per heavy atom. The molecule has 158 valence electrons. The van der Waals surface area contributed by atoms with E-state index in [0.717, 1.165) is 47.6 Å². The lowest BCUT2D eigenvalue weighted by molar-refractivity contribution is -0.106. The van der Waals surface area contributed by atoms with Crippen LogP contribution >= 0.6 is 0 Å². The summed E-state index contributed by atoms with van der Waals surface area (Å²) in [5, 5.41) is 10.7. The van der Waals surface area contributed by atoms with Gasteiger partial charge in [-0.2, -0.15) is 5.10 Å². The number of hydrogen-bond donors (Lipinski definition) is 3. The van der Waals surface area contributed by atoms with Crippen molar-refractivity contribution in [2.75, 3.05) is 5.32 Å². The van der Waals surface area contributed by atoms with Crippen molar-refractivity contribution in [2.45, 2.75) is 70.0 Å². The molecule has 1 aromatic heterocycles. The van der Waals surface area contributed by atoms with E-state index in [-0.39, 0.29) is 25.4 Å². The number of alkyl halides is 2. The number of anilines is 2. The van der Waals surface area contributed by atoms with Gasteiger partial charge < -0.3 is 15.8 Å². The van der Waals surface area contributed by atoms with Crippen LogP contribution in [0.4, 0.5) is 20.3 Å². The van der Waals surface area contributed by atoms with Crippen LogP contribution < -0.4 is 11.1 Å². The predicted octanol–water partition coefficient (Wildman–Crippen LogP) is 4.05. The molecule has 0 aliphatic heterocycles. The Bertz CT molecular complexity index is 838. The van der Waals surface area contributed by atoms with E-state index in [4.69, 9.17) is 9.53 Å². The van der Waals surface area contributed by atoms with Crippen molar-refractivity contribution >= 4 is 17.9 Å². The zero-order chi connectivity index (χ0) is 21.0. The second kappa shape index (κ2) is 8.90. The summed E-state index contributed by atoms with van der Waals surface area (Å²) >= 11 is 0. The number of nitrogens with zero attached hydrogens (tertiary/aromatic N) is 1. The van der Waals surface area contributed by atoms with Crippen LogP contribution in [0.5, 0.6) is 0 Å². The van der Waals surface area contributed by atoms with Crippen LogP contribution in [0.25, 0.3) is 0 Å². The zero-order valence-electron chi connectivity index (χ0n) is 16.8. The summed E-state index contributed by atoms with van der Waals surface area (Å²) in [5.74, 6) is -1.46. The highest BCUT2D eigenvalue weighted by Crippen LogP contribution is 2.38. The lowest BCUT2D eigenvalue weighted by atomic mass is 10.0. The predicted molar refractivity (Wildman–Crippen MR) is 108 cm³/mol. The lowest BCUT2D eigenvalue weighted by Crippen LogP contribution is -2.14. The first-order chi connectivity index (χ1) is 13.8. The number of nitrogens with one attached hydrogen (secondary N) is 2. The fraction of sp³-hybridized carbons (Fsp3) is 0.524. The SMILES string of the molecule is CC(C)OC1CCC(c2cc(Nc3ccc4c(c3)CC(F)(F)C4)n[nH]2)C1.NC=O. The summed E-state index contributed by atoms with van der Waals surface area (Å²) in [6.07, 6.45) is 3.66. The van der Waals surface area contributed by atoms with E-state index >= 15 is 0 Å². The molecule has 29 heavy (non-hydrogen) atoms. The summed E-state index contributed by atoms with van der Waals surface area (Å²) in [7, 11) is 0. The van der Waals surface area contributed by atoms with Gasteiger partial charge in [0.2, 0.25) is 6.41 Å². The maximum Gasteiger partial charge on any atom is 0.256 e. The third kappa shape index (κ3) is 5.53. The molecule has 1 heterocycles. The summed E-state index contributed by atoms with van der Waals surface area (Å²) in [4.78, 5) is 8.58. The first-order valence-corrected chi connectivity index (χ1v) is 9.92. The molecule has 2 unspecified atom stereocenters. The maximum atomic E-state index is 13.5. The molecule has 1 fully saturated rings. The Morgan fingerprint density at radius 2 is 2.00 bits per heavy atom. The number of amides is 1. The molecule has 6 nitrogen and oxygen atoms in total. The Balaban J connectivity index is 0.000000755. The molecule has 1 saturated carbocycles. The number of hydrogen-bond acceptors (Lipinski definition) is 4. The number of aromatic amines is 1. The number of primary amides is 1. The number of halogens is 2. The van der Waals surface area contributed by atoms with Crippen LogP contribution in [0.1, 0.15) is 55.8 Å². The van der Waals surface area contributed by atoms with Gasteiger partial charge in [0, 0.05) is 36.2 Å². The number of rotatable bonds is 5. The second-order valence-electron chi connectivity index (χ2n) is 7.98. The highest BCUT2D eigenvalue weighted by Gasteiger charge is 2.37. The van der Waals surface area contributed by atoms with Crippen molar-refractivity contribution in [1.29, 1.82) is 0 Å². The van der Waals surface area contributed by atoms with E-state index in [0.29, 0.717) is 12.0 Å². The van der Waals surface area contributed by atoms with Gasteiger partial charge in [-0.3, -0.25) is 9.89 Å². The van der Waals surface area contributed by atoms with Gasteiger partial charge >= 0.3 is 0 Å². The van der Waals surface area contributed by atoms with E-state index < -0.39 is 5.92 Å². The molecule has 0 radical (unpaired) electrons. The summed E-state index contributed by atoms with van der Waals surface area (Å²) in [6.45, 7) is 4.13. The molecule has 2 aromatic rings. The standard InChI is InChI=1S/C20H25F2N3O.CH3NO/c1-12(2)26-17-6-4-13(8-17)18-9-19(25-24-18)23-16-5-3-14-10-20(21,22)11-15(14)7-16;2-1-3/h3,5,7,9,12-13,17H,4,6,8,10-11H2,1-2H3,(H2,23,24,25);1H,(H2,2,3). The number of nitrogens with two attached hydrogens (primary N) is 1. The first-order valence-electron chi connectivity index (χ1n) is 9.92. The molecule has 2 aliphatic rings. The monoisotopic (exact) mass is 406 g/mol. The average Bonchev–Trinajstić information content (AvgIpc) is 3.32. The van der Waals surface area contributed by atoms with Crippen LogP contribution in [0.2, 0.25) is 0 Å². The average molecular weight is 406 g/mol. The number of carbonyl (C=O) groups excluding carboxylic acids is 1. The molecule has 8 heteroatoms. The molecule has 2 atom stereocenters. The van der Waals surface area contributed by atoms with Gasteiger partial charge in [-0.15, -0.1) is 0 Å². The second-order valence-corrected chi connectivity index (χ2v) is 7.98. The largest absolute Gasteiger partial charge is 0.376 e. The van der Waals surface area contributed by atoms with Crippen molar-refractivity contribution in [3.63, 3.8) is 0 Å². The maximum absolute atomic E-state index is 13.5. The van der Waals surface area contributed by atoms with Gasteiger partial charge in [-0.05, 0) is 56.4 Å². The van der Waals surface area contributed by atoms with Crippen molar-refractivity contribution in [3.05, 3.63) is 41.1 Å². The van der Waals surface area contributed by atoms with E-state index in [1.807, 2.05) is 18.2 Å². The minimum atomic E-state index is -2.61. The van der Waals surface area contributed by atoms with Gasteiger partial charge in [0.1, 0.15) is 0 Å². The summed E-state index contributed by atoms with van der Waals surface area (Å²) in [5.41, 5.74) is 7.53. The van der Waals surface area contributed by atoms with Crippen molar-refractivity contribution in [1.82, 2.24) is 10.2 Å². The van der Waals surface area contributed by atoms with Gasteiger partial charge in [0.15, 0.2) is 5.82 Å². The van der Waals surface area contributed by atoms with Crippen molar-refractivity contribution < 1.29 is 18.3 Å². The van der Waals surface area contributed by atoms with Crippen LogP contribution in [0.15, 0.2) is 24.3 Å². The molecular weight excluding hydrogens is 378 g/mol. The van der Waals surface area contributed by atoms with Crippen LogP contribution in [-0.4, -0.2) is 34.7 Å². The minimum absolute atomic E-state index is 0.156. The van der Waals surface area contributed by atoms with Gasteiger partial charge in [-0.1, -0.05) is 6.07 Å². The lowest BCUT2D eigenvalue weighted by Gasteiger charge is -2.14. The number of ether oxygens (including phenoxy) is 1. The Labute approximate surface area is 169 Å². The molecule has 0 bridgehead atoms. The highest BCUT2D eigenvalue weighted by atomic mass is 19.3. The molecule has 4 rings (SSSR count). The highest BCUT2D eigenvalue weighted by molar-refractivity contribution is 5.59. The molecular formula is C21H28F2N4O2. The topological polar surface area (TPSA) is 93.0 Å². The number of carbonyl (C=O) groups is 1. The molecule has 1 amide bonds. The molecule has 0 saturated heterocycles. The normalized spacial score (nSPS) is 22.1. The molecule has 0 spiro atoms. The smallest absolute Gasteiger partial charge is 0.256 e. The number of fused-ring (bicyclic) bond motifs is 1. The van der Waals surface area contributed by atoms with Crippen molar-refractivity contribution in [2.24, 2.45) is 5.73 Å². The third-order valence-corrected chi connectivity index (χ3v) is 5.26. The van der Waals surface area contributed by atoms with Crippen LogP contribution in [-0.2, 0) is 22.4 Å². The van der Waals surface area contributed by atoms with Gasteiger partial charge in [0.25, 0.3) is 5.92 Å². The number of H-pyrrole nitrogens is 1. The van der Waals surface area contributed by atoms with Crippen LogP contribution in [0.3, 0.4) is 0 Å². The zero-order valence-corrected chi connectivity index (χ0v) is 16.8. The van der Waals surface area contributed by atoms with Crippen LogP contribution in [0, 0.1) is 0 Å². The van der Waals surface area contributed by atoms with Crippen molar-refractivity contribution in [3.8, 4) is 0 Å². The Kier molecular flexibility index (Phi) is 6.52. The summed E-state index contributed by atoms with van der Waals surface area (Å²) in [6, 6.07) is 7.46. The quantitative estimate of drug-likeness (QED) is 0.653. The molecule has 1 aromatic carbocycles. The third-order valence-electron chi connectivity index (χ3n) is 5.26. The van der Waals surface area contributed by atoms with E-state index in [9.17, 15) is 8.78 Å². The van der Waals surface area contributed by atoms with Gasteiger partial charge in [0.05, 0.1) is 12.2 Å². The molecule has 2 aliphatic carbocycles. The molecule has 4 N–H and O–H groups in total. The Hall–Kier alpha value is -2.48. The number of benzene rings is 1. The first kappa shape index (κ1) is 21.2. The fourth-order valence-corrected chi connectivity index (χ4v) is 4.15. The van der Waals surface area contributed by atoms with E-state index in [1.54, 1.807) is 6.07 Å². The fourth-order valence-electron chi connectivity index (χ4n) is 4.15. The van der Waals surface area contributed by atoms with Gasteiger partial charge in [-0.25, -0.2) is 8.78 Å². The number of aromatic nitrogens is 2. The Morgan fingerprint density at radius 3 is 2.72 bits per heavy atom. The van der Waals surface area contributed by atoms with E-state index in [2.05, 4.69) is 35.1 Å². The summed E-state index contributed by atoms with van der Waals surface area (Å²) < 4.78 is 33.0. The van der Waals surface area contributed by atoms with E-state index in [1.165, 1.54) is 0 Å².